The number of hydrogen-bond donors (Lipinski definition) is 1. The molecule has 1 rings (SSSR count). The lowest BCUT2D eigenvalue weighted by molar-refractivity contribution is 0.0951. The quantitative estimate of drug-likeness (QED) is 0.612. The molecule has 3 nitrogen and oxygen atoms in total. The topological polar surface area (TPSA) is 42.0 Å². The van der Waals surface area contributed by atoms with Gasteiger partial charge in [0.25, 0.3) is 5.91 Å². The number of carbonyl (C=O) groups is 1. The second-order valence-corrected chi connectivity index (χ2v) is 3.62. The third kappa shape index (κ3) is 3.81. The van der Waals surface area contributed by atoms with Gasteiger partial charge in [0.15, 0.2) is 0 Å². The molecular formula is C12H15FN2O. The molecule has 0 aliphatic heterocycles. The van der Waals surface area contributed by atoms with Crippen LogP contribution in [0.25, 0.3) is 0 Å². The standard InChI is InChI=1S/C12H15FN2O/c1-3-9(2)4-6-15-12(16)10-5-7-14-11(13)8-10/h3,5,7-9H,1,4,6H2,2H3,(H,15,16). The molecule has 0 aromatic carbocycles. The summed E-state index contributed by atoms with van der Waals surface area (Å²) in [5.74, 6) is -0.570. The van der Waals surface area contributed by atoms with E-state index in [1.807, 2.05) is 13.0 Å². The van der Waals surface area contributed by atoms with Crippen molar-refractivity contribution in [3.63, 3.8) is 0 Å². The summed E-state index contributed by atoms with van der Waals surface area (Å²) in [6, 6.07) is 2.60. The predicted octanol–water partition coefficient (Wildman–Crippen LogP) is 2.16. The van der Waals surface area contributed by atoms with E-state index in [4.69, 9.17) is 0 Å². The first kappa shape index (κ1) is 12.4. The van der Waals surface area contributed by atoms with Crippen LogP contribution >= 0.6 is 0 Å². The number of pyridine rings is 1. The van der Waals surface area contributed by atoms with Gasteiger partial charge in [0.1, 0.15) is 0 Å². The molecule has 1 aromatic heterocycles. The van der Waals surface area contributed by atoms with Gasteiger partial charge in [-0.1, -0.05) is 13.0 Å². The van der Waals surface area contributed by atoms with Gasteiger partial charge in [-0.15, -0.1) is 6.58 Å². The Morgan fingerprint density at radius 3 is 3.12 bits per heavy atom. The fraction of sp³-hybridized carbons (Fsp3) is 0.333. The first-order chi connectivity index (χ1) is 7.63. The van der Waals surface area contributed by atoms with Gasteiger partial charge in [0, 0.05) is 24.4 Å². The molecule has 1 atom stereocenters. The van der Waals surface area contributed by atoms with E-state index in [-0.39, 0.29) is 5.91 Å². The Labute approximate surface area is 94.4 Å². The van der Waals surface area contributed by atoms with E-state index in [9.17, 15) is 9.18 Å². The van der Waals surface area contributed by atoms with Gasteiger partial charge in [-0.3, -0.25) is 4.79 Å². The number of nitrogens with one attached hydrogen (secondary N) is 1. The summed E-state index contributed by atoms with van der Waals surface area (Å²) >= 11 is 0. The summed E-state index contributed by atoms with van der Waals surface area (Å²) < 4.78 is 12.7. The van der Waals surface area contributed by atoms with Crippen molar-refractivity contribution in [1.29, 1.82) is 0 Å². The minimum Gasteiger partial charge on any atom is -0.352 e. The smallest absolute Gasteiger partial charge is 0.251 e. The molecule has 0 aliphatic carbocycles. The van der Waals surface area contributed by atoms with Gasteiger partial charge in [0.05, 0.1) is 0 Å². The van der Waals surface area contributed by atoms with Crippen LogP contribution in [-0.2, 0) is 0 Å². The van der Waals surface area contributed by atoms with E-state index >= 15 is 0 Å². The maximum absolute atomic E-state index is 12.7. The first-order valence-electron chi connectivity index (χ1n) is 5.16. The van der Waals surface area contributed by atoms with E-state index < -0.39 is 5.95 Å². The Hall–Kier alpha value is -1.71. The fourth-order valence-electron chi connectivity index (χ4n) is 1.18. The number of amides is 1. The van der Waals surface area contributed by atoms with Crippen LogP contribution in [-0.4, -0.2) is 17.4 Å². The average molecular weight is 222 g/mol. The summed E-state index contributed by atoms with van der Waals surface area (Å²) in [4.78, 5) is 14.9. The van der Waals surface area contributed by atoms with Gasteiger partial charge in [-0.25, -0.2) is 4.98 Å². The van der Waals surface area contributed by atoms with Gasteiger partial charge in [0.2, 0.25) is 5.95 Å². The molecule has 0 saturated carbocycles. The molecule has 1 amide bonds. The highest BCUT2D eigenvalue weighted by molar-refractivity contribution is 5.93. The molecule has 1 heterocycles. The number of rotatable bonds is 5. The lowest BCUT2D eigenvalue weighted by Gasteiger charge is -2.07. The van der Waals surface area contributed by atoms with E-state index in [0.29, 0.717) is 18.0 Å². The van der Waals surface area contributed by atoms with Crippen LogP contribution in [0.3, 0.4) is 0 Å². The van der Waals surface area contributed by atoms with E-state index in [2.05, 4.69) is 16.9 Å². The van der Waals surface area contributed by atoms with E-state index in [1.165, 1.54) is 12.3 Å². The normalized spacial score (nSPS) is 11.9. The molecular weight excluding hydrogens is 207 g/mol. The zero-order valence-electron chi connectivity index (χ0n) is 9.24. The summed E-state index contributed by atoms with van der Waals surface area (Å²) in [6.07, 6.45) is 3.93. The number of halogens is 1. The number of aromatic nitrogens is 1. The minimum absolute atomic E-state index is 0.280. The van der Waals surface area contributed by atoms with Gasteiger partial charge in [-0.2, -0.15) is 4.39 Å². The molecule has 1 unspecified atom stereocenters. The van der Waals surface area contributed by atoms with E-state index in [1.54, 1.807) is 0 Å². The van der Waals surface area contributed by atoms with Crippen molar-refractivity contribution in [2.45, 2.75) is 13.3 Å². The maximum atomic E-state index is 12.7. The Balaban J connectivity index is 2.44. The summed E-state index contributed by atoms with van der Waals surface area (Å²) in [7, 11) is 0. The Morgan fingerprint density at radius 2 is 2.50 bits per heavy atom. The Morgan fingerprint density at radius 1 is 1.75 bits per heavy atom. The molecule has 0 aliphatic rings. The van der Waals surface area contributed by atoms with Crippen LogP contribution in [0.5, 0.6) is 0 Å². The summed E-state index contributed by atoms with van der Waals surface area (Å²) in [6.45, 7) is 6.23. The summed E-state index contributed by atoms with van der Waals surface area (Å²) in [5.41, 5.74) is 0.291. The molecule has 0 radical (unpaired) electrons. The first-order valence-corrected chi connectivity index (χ1v) is 5.16. The third-order valence-corrected chi connectivity index (χ3v) is 2.28. The minimum atomic E-state index is -0.646. The second kappa shape index (κ2) is 6.00. The molecule has 16 heavy (non-hydrogen) atoms. The van der Waals surface area contributed by atoms with Gasteiger partial charge >= 0.3 is 0 Å². The van der Waals surface area contributed by atoms with Crippen molar-refractivity contribution in [2.75, 3.05) is 6.54 Å². The van der Waals surface area contributed by atoms with Crippen molar-refractivity contribution in [2.24, 2.45) is 5.92 Å². The Bertz CT molecular complexity index is 379. The Kier molecular flexibility index (Phi) is 4.64. The zero-order chi connectivity index (χ0) is 12.0. The number of allylic oxidation sites excluding steroid dienone is 1. The van der Waals surface area contributed by atoms with Crippen LogP contribution in [0.4, 0.5) is 4.39 Å². The molecule has 86 valence electrons. The van der Waals surface area contributed by atoms with Crippen LogP contribution < -0.4 is 5.32 Å². The molecule has 1 aromatic rings. The van der Waals surface area contributed by atoms with Gasteiger partial charge < -0.3 is 5.32 Å². The average Bonchev–Trinajstić information content (AvgIpc) is 2.28. The lowest BCUT2D eigenvalue weighted by atomic mass is 10.1. The van der Waals surface area contributed by atoms with Crippen molar-refractivity contribution in [3.05, 3.63) is 42.5 Å². The highest BCUT2D eigenvalue weighted by Gasteiger charge is 2.06. The third-order valence-electron chi connectivity index (χ3n) is 2.28. The molecule has 0 fully saturated rings. The number of carbonyl (C=O) groups excluding carboxylic acids is 1. The second-order valence-electron chi connectivity index (χ2n) is 3.62. The molecule has 0 bridgehead atoms. The molecule has 0 spiro atoms. The van der Waals surface area contributed by atoms with E-state index in [0.717, 1.165) is 12.5 Å². The largest absolute Gasteiger partial charge is 0.352 e. The fourth-order valence-corrected chi connectivity index (χ4v) is 1.18. The highest BCUT2D eigenvalue weighted by Crippen LogP contribution is 2.02. The van der Waals surface area contributed by atoms with Crippen LogP contribution in [0.1, 0.15) is 23.7 Å². The molecule has 0 saturated heterocycles. The van der Waals surface area contributed by atoms with Crippen LogP contribution in [0, 0.1) is 11.9 Å². The maximum Gasteiger partial charge on any atom is 0.251 e. The van der Waals surface area contributed by atoms with Gasteiger partial charge in [-0.05, 0) is 18.4 Å². The van der Waals surface area contributed by atoms with Crippen LogP contribution in [0.15, 0.2) is 31.0 Å². The predicted molar refractivity (Wildman–Crippen MR) is 60.5 cm³/mol. The monoisotopic (exact) mass is 222 g/mol. The SMILES string of the molecule is C=CC(C)CCNC(=O)c1ccnc(F)c1. The van der Waals surface area contributed by atoms with Crippen molar-refractivity contribution in [3.8, 4) is 0 Å². The van der Waals surface area contributed by atoms with Crippen molar-refractivity contribution < 1.29 is 9.18 Å². The van der Waals surface area contributed by atoms with Crippen molar-refractivity contribution >= 4 is 5.91 Å². The summed E-state index contributed by atoms with van der Waals surface area (Å²) in [5, 5.41) is 2.71. The molecule has 4 heteroatoms. The highest BCUT2D eigenvalue weighted by atomic mass is 19.1. The molecule has 1 N–H and O–H groups in total. The zero-order valence-corrected chi connectivity index (χ0v) is 9.24. The van der Waals surface area contributed by atoms with Crippen molar-refractivity contribution in [1.82, 2.24) is 10.3 Å². The lowest BCUT2D eigenvalue weighted by Crippen LogP contribution is -2.25. The number of nitrogens with zero attached hydrogens (tertiary/aromatic N) is 1. The number of hydrogen-bond acceptors (Lipinski definition) is 2. The van der Waals surface area contributed by atoms with Crippen LogP contribution in [0.2, 0.25) is 0 Å².